The zero-order valence-electron chi connectivity index (χ0n) is 12.3. The van der Waals surface area contributed by atoms with Gasteiger partial charge in [0.25, 0.3) is 0 Å². The van der Waals surface area contributed by atoms with Crippen LogP contribution in [0.25, 0.3) is 0 Å². The zero-order chi connectivity index (χ0) is 15.4. The van der Waals surface area contributed by atoms with Gasteiger partial charge in [0.05, 0.1) is 6.54 Å². The van der Waals surface area contributed by atoms with Crippen molar-refractivity contribution in [3.05, 3.63) is 66.0 Å². The van der Waals surface area contributed by atoms with E-state index in [0.29, 0.717) is 12.6 Å². The van der Waals surface area contributed by atoms with Crippen LogP contribution in [0.5, 0.6) is 0 Å². The summed E-state index contributed by atoms with van der Waals surface area (Å²) >= 11 is 0. The Labute approximate surface area is 129 Å². The van der Waals surface area contributed by atoms with Gasteiger partial charge >= 0.3 is 0 Å². The first kappa shape index (κ1) is 14.6. The second kappa shape index (κ2) is 6.60. The first-order chi connectivity index (χ1) is 10.7. The molecular formula is C18H19FN2O. The van der Waals surface area contributed by atoms with Gasteiger partial charge in [0.1, 0.15) is 5.82 Å². The standard InChI is InChI=1S/C18H19FN2O/c19-15-6-4-5-14(11-15)13-21(17-9-10-17)18(22)12-20-16-7-2-1-3-8-16/h1-8,11,17,20H,9-10,12-13H2. The van der Waals surface area contributed by atoms with Gasteiger partial charge in [0, 0.05) is 18.3 Å². The van der Waals surface area contributed by atoms with Gasteiger partial charge in [0.2, 0.25) is 5.91 Å². The number of carbonyl (C=O) groups excluding carboxylic acids is 1. The molecule has 0 aromatic heterocycles. The molecule has 0 saturated heterocycles. The van der Waals surface area contributed by atoms with E-state index >= 15 is 0 Å². The van der Waals surface area contributed by atoms with E-state index < -0.39 is 0 Å². The predicted octanol–water partition coefficient (Wildman–Crippen LogP) is 3.43. The van der Waals surface area contributed by atoms with Gasteiger partial charge in [-0.15, -0.1) is 0 Å². The van der Waals surface area contributed by atoms with Crippen molar-refractivity contribution in [1.29, 1.82) is 0 Å². The lowest BCUT2D eigenvalue weighted by Crippen LogP contribution is -2.36. The molecule has 2 aromatic carbocycles. The Kier molecular flexibility index (Phi) is 4.37. The molecular weight excluding hydrogens is 279 g/mol. The monoisotopic (exact) mass is 298 g/mol. The number of hydrogen-bond donors (Lipinski definition) is 1. The van der Waals surface area contributed by atoms with E-state index in [1.807, 2.05) is 41.3 Å². The highest BCUT2D eigenvalue weighted by Gasteiger charge is 2.32. The normalized spacial score (nSPS) is 13.7. The number of hydrogen-bond acceptors (Lipinski definition) is 2. The van der Waals surface area contributed by atoms with Gasteiger partial charge in [-0.25, -0.2) is 4.39 Å². The summed E-state index contributed by atoms with van der Waals surface area (Å²) in [6.45, 7) is 0.730. The van der Waals surface area contributed by atoms with E-state index in [1.165, 1.54) is 12.1 Å². The Morgan fingerprint density at radius 3 is 2.59 bits per heavy atom. The SMILES string of the molecule is O=C(CNc1ccccc1)N(Cc1cccc(F)c1)C1CC1. The predicted molar refractivity (Wildman–Crippen MR) is 84.9 cm³/mol. The van der Waals surface area contributed by atoms with E-state index in [0.717, 1.165) is 24.1 Å². The highest BCUT2D eigenvalue weighted by Crippen LogP contribution is 2.28. The fraction of sp³-hybridized carbons (Fsp3) is 0.278. The molecule has 4 heteroatoms. The molecule has 2 aromatic rings. The van der Waals surface area contributed by atoms with Crippen LogP contribution in [0.3, 0.4) is 0 Å². The van der Waals surface area contributed by atoms with Crippen LogP contribution in [0.15, 0.2) is 54.6 Å². The number of carbonyl (C=O) groups is 1. The van der Waals surface area contributed by atoms with Crippen molar-refractivity contribution in [3.63, 3.8) is 0 Å². The van der Waals surface area contributed by atoms with E-state index in [4.69, 9.17) is 0 Å². The molecule has 1 fully saturated rings. The van der Waals surface area contributed by atoms with Crippen LogP contribution in [0, 0.1) is 5.82 Å². The maximum atomic E-state index is 13.3. The number of rotatable bonds is 6. The molecule has 0 bridgehead atoms. The van der Waals surface area contributed by atoms with Crippen LogP contribution in [-0.2, 0) is 11.3 Å². The summed E-state index contributed by atoms with van der Waals surface area (Å²) in [6.07, 6.45) is 2.07. The second-order valence-electron chi connectivity index (χ2n) is 5.60. The Balaban J connectivity index is 1.62. The highest BCUT2D eigenvalue weighted by atomic mass is 19.1. The molecule has 0 atom stereocenters. The smallest absolute Gasteiger partial charge is 0.242 e. The van der Waals surface area contributed by atoms with E-state index in [1.54, 1.807) is 6.07 Å². The summed E-state index contributed by atoms with van der Waals surface area (Å²) < 4.78 is 13.3. The number of nitrogens with zero attached hydrogens (tertiary/aromatic N) is 1. The van der Waals surface area contributed by atoms with Crippen molar-refractivity contribution in [2.75, 3.05) is 11.9 Å². The molecule has 1 amide bonds. The number of anilines is 1. The van der Waals surface area contributed by atoms with Crippen molar-refractivity contribution in [1.82, 2.24) is 4.90 Å². The average Bonchev–Trinajstić information content (AvgIpc) is 3.36. The Hall–Kier alpha value is -2.36. The third-order valence-corrected chi connectivity index (χ3v) is 3.77. The lowest BCUT2D eigenvalue weighted by molar-refractivity contribution is -0.130. The van der Waals surface area contributed by atoms with Gasteiger partial charge < -0.3 is 10.2 Å². The molecule has 1 saturated carbocycles. The molecule has 0 heterocycles. The molecule has 3 rings (SSSR count). The van der Waals surface area contributed by atoms with Crippen molar-refractivity contribution >= 4 is 11.6 Å². The van der Waals surface area contributed by atoms with Crippen molar-refractivity contribution < 1.29 is 9.18 Å². The summed E-state index contributed by atoms with van der Waals surface area (Å²) in [6, 6.07) is 16.4. The molecule has 1 N–H and O–H groups in total. The summed E-state index contributed by atoms with van der Waals surface area (Å²) in [5, 5.41) is 3.14. The number of halogens is 1. The van der Waals surface area contributed by atoms with Gasteiger partial charge in [-0.1, -0.05) is 30.3 Å². The average molecular weight is 298 g/mol. The minimum absolute atomic E-state index is 0.0515. The van der Waals surface area contributed by atoms with Crippen molar-refractivity contribution in [2.45, 2.75) is 25.4 Å². The van der Waals surface area contributed by atoms with E-state index in [2.05, 4.69) is 5.32 Å². The molecule has 0 radical (unpaired) electrons. The minimum atomic E-state index is -0.261. The van der Waals surface area contributed by atoms with Gasteiger partial charge in [0.15, 0.2) is 0 Å². The molecule has 0 unspecified atom stereocenters. The Morgan fingerprint density at radius 2 is 1.91 bits per heavy atom. The third kappa shape index (κ3) is 3.85. The first-order valence-electron chi connectivity index (χ1n) is 7.55. The van der Waals surface area contributed by atoms with Crippen LogP contribution < -0.4 is 5.32 Å². The molecule has 114 valence electrons. The summed E-state index contributed by atoms with van der Waals surface area (Å²) in [4.78, 5) is 14.3. The number of para-hydroxylation sites is 1. The largest absolute Gasteiger partial charge is 0.376 e. The molecule has 22 heavy (non-hydrogen) atoms. The van der Waals surface area contributed by atoms with Gasteiger partial charge in [-0.3, -0.25) is 4.79 Å². The van der Waals surface area contributed by atoms with Crippen LogP contribution in [0.4, 0.5) is 10.1 Å². The number of nitrogens with one attached hydrogen (secondary N) is 1. The first-order valence-corrected chi connectivity index (χ1v) is 7.55. The lowest BCUT2D eigenvalue weighted by atomic mass is 10.2. The maximum absolute atomic E-state index is 13.3. The third-order valence-electron chi connectivity index (χ3n) is 3.77. The van der Waals surface area contributed by atoms with Crippen molar-refractivity contribution in [3.8, 4) is 0 Å². The van der Waals surface area contributed by atoms with Crippen LogP contribution in [0.1, 0.15) is 18.4 Å². The number of amides is 1. The molecule has 0 aliphatic heterocycles. The van der Waals surface area contributed by atoms with Gasteiger partial charge in [-0.05, 0) is 42.7 Å². The lowest BCUT2D eigenvalue weighted by Gasteiger charge is -2.23. The minimum Gasteiger partial charge on any atom is -0.376 e. The molecule has 0 spiro atoms. The van der Waals surface area contributed by atoms with E-state index in [9.17, 15) is 9.18 Å². The molecule has 1 aliphatic rings. The summed E-state index contributed by atoms with van der Waals surface area (Å²) in [5.41, 5.74) is 1.76. The quantitative estimate of drug-likeness (QED) is 0.886. The molecule has 1 aliphatic carbocycles. The highest BCUT2D eigenvalue weighted by molar-refractivity contribution is 5.81. The number of benzene rings is 2. The van der Waals surface area contributed by atoms with Gasteiger partial charge in [-0.2, -0.15) is 0 Å². The van der Waals surface area contributed by atoms with Crippen LogP contribution >= 0.6 is 0 Å². The van der Waals surface area contributed by atoms with Crippen LogP contribution in [0.2, 0.25) is 0 Å². The van der Waals surface area contributed by atoms with Crippen molar-refractivity contribution in [2.24, 2.45) is 0 Å². The van der Waals surface area contributed by atoms with E-state index in [-0.39, 0.29) is 18.3 Å². The second-order valence-corrected chi connectivity index (χ2v) is 5.60. The summed E-state index contributed by atoms with van der Waals surface area (Å²) in [5.74, 6) is -0.210. The van der Waals surface area contributed by atoms with Crippen LogP contribution in [-0.4, -0.2) is 23.4 Å². The zero-order valence-corrected chi connectivity index (χ0v) is 12.3. The Bertz CT molecular complexity index is 641. The summed E-state index contributed by atoms with van der Waals surface area (Å²) in [7, 11) is 0. The Morgan fingerprint density at radius 1 is 1.14 bits per heavy atom. The molecule has 3 nitrogen and oxygen atoms in total. The topological polar surface area (TPSA) is 32.3 Å². The fourth-order valence-corrected chi connectivity index (χ4v) is 2.47. The fourth-order valence-electron chi connectivity index (χ4n) is 2.47. The maximum Gasteiger partial charge on any atom is 0.242 e.